The Morgan fingerprint density at radius 2 is 2.08 bits per heavy atom. The third kappa shape index (κ3) is 8.47. The Morgan fingerprint density at radius 1 is 1.21 bits per heavy atom. The Hall–Kier alpha value is -1.38. The molecule has 2 rings (SSSR count). The third-order valence-electron chi connectivity index (χ3n) is 3.77. The lowest BCUT2D eigenvalue weighted by Crippen LogP contribution is -2.22. The number of hydrogen-bond acceptors (Lipinski definition) is 4. The second-order valence-electron chi connectivity index (χ2n) is 5.98. The highest BCUT2D eigenvalue weighted by atomic mass is 16.7. The van der Waals surface area contributed by atoms with E-state index in [2.05, 4.69) is 11.8 Å². The van der Waals surface area contributed by atoms with Gasteiger partial charge in [-0.25, -0.2) is 0 Å². The quantitative estimate of drug-likeness (QED) is 0.557. The van der Waals surface area contributed by atoms with Gasteiger partial charge in [-0.05, 0) is 31.2 Å². The molecule has 0 bridgehead atoms. The zero-order valence-corrected chi connectivity index (χ0v) is 14.3. The summed E-state index contributed by atoms with van der Waals surface area (Å²) >= 11 is 0. The first kappa shape index (κ1) is 19.0. The summed E-state index contributed by atoms with van der Waals surface area (Å²) in [6.45, 7) is 2.33. The van der Waals surface area contributed by atoms with Crippen LogP contribution in [0.1, 0.15) is 44.1 Å². The Morgan fingerprint density at radius 3 is 2.88 bits per heavy atom. The van der Waals surface area contributed by atoms with Crippen molar-refractivity contribution >= 4 is 0 Å². The fourth-order valence-corrected chi connectivity index (χ4v) is 2.44. The van der Waals surface area contributed by atoms with Crippen molar-refractivity contribution in [1.29, 1.82) is 0 Å². The van der Waals surface area contributed by atoms with E-state index in [0.717, 1.165) is 37.9 Å². The predicted molar refractivity (Wildman–Crippen MR) is 93.3 cm³/mol. The van der Waals surface area contributed by atoms with E-state index in [1.165, 1.54) is 6.42 Å². The predicted octanol–water partition coefficient (Wildman–Crippen LogP) is 3.28. The SMILES string of the molecule is O[C@@H](CC#CCCCOC1CCCCO1)COCc1ccccc1. The van der Waals surface area contributed by atoms with Gasteiger partial charge >= 0.3 is 0 Å². The summed E-state index contributed by atoms with van der Waals surface area (Å²) in [6.07, 6.45) is 4.90. The molecule has 1 aliphatic heterocycles. The van der Waals surface area contributed by atoms with E-state index in [4.69, 9.17) is 14.2 Å². The summed E-state index contributed by atoms with van der Waals surface area (Å²) in [4.78, 5) is 0. The molecule has 0 amide bonds. The number of unbranched alkanes of at least 4 members (excludes halogenated alkanes) is 1. The lowest BCUT2D eigenvalue weighted by molar-refractivity contribution is -0.162. The van der Waals surface area contributed by atoms with Crippen LogP contribution in [-0.2, 0) is 20.8 Å². The van der Waals surface area contributed by atoms with Gasteiger partial charge in [0.15, 0.2) is 6.29 Å². The molecule has 1 aliphatic rings. The number of aliphatic hydroxyl groups excluding tert-OH is 1. The largest absolute Gasteiger partial charge is 0.390 e. The normalized spacial score (nSPS) is 18.6. The lowest BCUT2D eigenvalue weighted by Gasteiger charge is -2.22. The first-order valence-corrected chi connectivity index (χ1v) is 8.83. The lowest BCUT2D eigenvalue weighted by atomic mass is 10.2. The summed E-state index contributed by atoms with van der Waals surface area (Å²) < 4.78 is 16.6. The van der Waals surface area contributed by atoms with Gasteiger partial charge in [-0.2, -0.15) is 0 Å². The molecule has 0 saturated carbocycles. The maximum Gasteiger partial charge on any atom is 0.157 e. The van der Waals surface area contributed by atoms with Crippen molar-refractivity contribution in [3.63, 3.8) is 0 Å². The van der Waals surface area contributed by atoms with Crippen LogP contribution in [0.3, 0.4) is 0 Å². The maximum atomic E-state index is 9.83. The van der Waals surface area contributed by atoms with E-state index < -0.39 is 6.10 Å². The van der Waals surface area contributed by atoms with Crippen molar-refractivity contribution in [1.82, 2.24) is 0 Å². The Balaban J connectivity index is 1.45. The van der Waals surface area contributed by atoms with E-state index in [1.54, 1.807) is 0 Å². The van der Waals surface area contributed by atoms with Gasteiger partial charge in [0.05, 0.1) is 25.9 Å². The van der Waals surface area contributed by atoms with E-state index >= 15 is 0 Å². The van der Waals surface area contributed by atoms with Crippen LogP contribution in [0.5, 0.6) is 0 Å². The van der Waals surface area contributed by atoms with Crippen LogP contribution < -0.4 is 0 Å². The van der Waals surface area contributed by atoms with E-state index in [1.807, 2.05) is 30.3 Å². The van der Waals surface area contributed by atoms with Crippen LogP contribution in [0.4, 0.5) is 0 Å². The number of hydrogen-bond donors (Lipinski definition) is 1. The molecule has 1 aromatic carbocycles. The summed E-state index contributed by atoms with van der Waals surface area (Å²) in [5, 5.41) is 9.83. The molecule has 1 heterocycles. The average Bonchev–Trinajstić information content (AvgIpc) is 2.63. The molecule has 0 aliphatic carbocycles. The molecule has 1 unspecified atom stereocenters. The molecule has 1 aromatic rings. The standard InChI is InChI=1S/C20H28O4/c21-19(17-22-16-18-10-4-3-5-11-18)12-6-1-2-8-14-23-20-13-7-9-15-24-20/h3-5,10-11,19-21H,2,7-9,12-17H2/t19-,20?/m0/s1. The Bertz CT molecular complexity index is 485. The van der Waals surface area contributed by atoms with Crippen LogP contribution >= 0.6 is 0 Å². The van der Waals surface area contributed by atoms with Crippen molar-refractivity contribution in [2.24, 2.45) is 0 Å². The number of ether oxygens (including phenoxy) is 3. The third-order valence-corrected chi connectivity index (χ3v) is 3.77. The number of rotatable bonds is 9. The summed E-state index contributed by atoms with van der Waals surface area (Å²) in [5.74, 6) is 6.08. The molecule has 24 heavy (non-hydrogen) atoms. The molecule has 4 heteroatoms. The van der Waals surface area contributed by atoms with Gasteiger partial charge < -0.3 is 19.3 Å². The van der Waals surface area contributed by atoms with Gasteiger partial charge in [0, 0.05) is 19.4 Å². The van der Waals surface area contributed by atoms with Crippen molar-refractivity contribution in [2.45, 2.75) is 57.5 Å². The van der Waals surface area contributed by atoms with Crippen molar-refractivity contribution < 1.29 is 19.3 Å². The molecular formula is C20H28O4. The second kappa shape index (κ2) is 12.0. The minimum absolute atomic E-state index is 0.0182. The van der Waals surface area contributed by atoms with Gasteiger partial charge in [0.2, 0.25) is 0 Å². The minimum Gasteiger partial charge on any atom is -0.390 e. The Kier molecular flexibility index (Phi) is 9.52. The summed E-state index contributed by atoms with van der Waals surface area (Å²) in [5.41, 5.74) is 1.11. The van der Waals surface area contributed by atoms with E-state index in [9.17, 15) is 5.11 Å². The topological polar surface area (TPSA) is 47.9 Å². The number of aliphatic hydroxyl groups is 1. The summed E-state index contributed by atoms with van der Waals surface area (Å²) in [7, 11) is 0. The van der Waals surface area contributed by atoms with Crippen LogP contribution in [0.2, 0.25) is 0 Å². The van der Waals surface area contributed by atoms with Gasteiger partial charge in [0.25, 0.3) is 0 Å². The average molecular weight is 332 g/mol. The van der Waals surface area contributed by atoms with Crippen LogP contribution in [-0.4, -0.2) is 37.3 Å². The first-order chi connectivity index (χ1) is 11.8. The maximum absolute atomic E-state index is 9.83. The van der Waals surface area contributed by atoms with E-state index in [0.29, 0.717) is 26.2 Å². The first-order valence-electron chi connectivity index (χ1n) is 8.83. The molecule has 0 aromatic heterocycles. The molecule has 132 valence electrons. The molecular weight excluding hydrogens is 304 g/mol. The van der Waals surface area contributed by atoms with Crippen LogP contribution in [0.25, 0.3) is 0 Å². The zero-order chi connectivity index (χ0) is 16.9. The molecule has 4 nitrogen and oxygen atoms in total. The highest BCUT2D eigenvalue weighted by molar-refractivity contribution is 5.13. The molecule has 1 fully saturated rings. The van der Waals surface area contributed by atoms with Crippen molar-refractivity contribution in [3.05, 3.63) is 35.9 Å². The summed E-state index contributed by atoms with van der Waals surface area (Å²) in [6, 6.07) is 9.94. The van der Waals surface area contributed by atoms with Gasteiger partial charge in [-0.3, -0.25) is 0 Å². The zero-order valence-electron chi connectivity index (χ0n) is 14.3. The number of benzene rings is 1. The molecule has 1 N–H and O–H groups in total. The monoisotopic (exact) mass is 332 g/mol. The highest BCUT2D eigenvalue weighted by Gasteiger charge is 2.13. The molecule has 1 saturated heterocycles. The van der Waals surface area contributed by atoms with E-state index in [-0.39, 0.29) is 6.29 Å². The fraction of sp³-hybridized carbons (Fsp3) is 0.600. The van der Waals surface area contributed by atoms with Gasteiger partial charge in [0.1, 0.15) is 0 Å². The van der Waals surface area contributed by atoms with Gasteiger partial charge in [-0.15, -0.1) is 11.8 Å². The van der Waals surface area contributed by atoms with Crippen molar-refractivity contribution in [3.8, 4) is 11.8 Å². The molecule has 0 radical (unpaired) electrons. The van der Waals surface area contributed by atoms with Gasteiger partial charge in [-0.1, -0.05) is 30.3 Å². The molecule has 0 spiro atoms. The smallest absolute Gasteiger partial charge is 0.157 e. The Labute approximate surface area is 145 Å². The van der Waals surface area contributed by atoms with Crippen molar-refractivity contribution in [2.75, 3.05) is 19.8 Å². The fourth-order valence-electron chi connectivity index (χ4n) is 2.44. The minimum atomic E-state index is -0.534. The highest BCUT2D eigenvalue weighted by Crippen LogP contribution is 2.13. The molecule has 2 atom stereocenters. The van der Waals surface area contributed by atoms with Crippen LogP contribution in [0.15, 0.2) is 30.3 Å². The van der Waals surface area contributed by atoms with Crippen LogP contribution in [0, 0.1) is 11.8 Å². The second-order valence-corrected chi connectivity index (χ2v) is 5.98.